The average molecular weight is 347 g/mol. The van der Waals surface area contributed by atoms with Crippen LogP contribution in [0.2, 0.25) is 5.02 Å². The van der Waals surface area contributed by atoms with Crippen LogP contribution in [0.4, 0.5) is 5.69 Å². The first-order chi connectivity index (χ1) is 10.2. The van der Waals surface area contributed by atoms with Crippen molar-refractivity contribution in [2.24, 2.45) is 11.8 Å². The molecule has 0 bridgehead atoms. The van der Waals surface area contributed by atoms with Crippen LogP contribution in [0.1, 0.15) is 26.2 Å². The van der Waals surface area contributed by atoms with Crippen molar-refractivity contribution in [3.8, 4) is 0 Å². The number of hydrogen-bond acceptors (Lipinski definition) is 5. The molecule has 0 aromatic heterocycles. The van der Waals surface area contributed by atoms with E-state index < -0.39 is 31.4 Å². The third-order valence-corrected chi connectivity index (χ3v) is 5.45. The third-order valence-electron chi connectivity index (χ3n) is 3.60. The van der Waals surface area contributed by atoms with Crippen molar-refractivity contribution in [1.29, 1.82) is 0 Å². The lowest BCUT2D eigenvalue weighted by atomic mass is 10.0. The SMILES string of the molecule is CC(CC(=O)NS(=O)(=O)c1cc([N+](=O)[O-])ccc1Cl)C1CC1. The predicted octanol–water partition coefficient (Wildman–Crippen LogP) is 2.49. The summed E-state index contributed by atoms with van der Waals surface area (Å²) in [6.07, 6.45) is 2.20. The maximum absolute atomic E-state index is 12.2. The van der Waals surface area contributed by atoms with E-state index in [1.54, 1.807) is 0 Å². The number of rotatable bonds is 6. The van der Waals surface area contributed by atoms with Crippen molar-refractivity contribution in [1.82, 2.24) is 4.72 Å². The summed E-state index contributed by atoms with van der Waals surface area (Å²) in [6.45, 7) is 1.89. The normalized spacial score (nSPS) is 16.1. The van der Waals surface area contributed by atoms with Crippen LogP contribution < -0.4 is 4.72 Å². The van der Waals surface area contributed by atoms with Gasteiger partial charge in [-0.25, -0.2) is 13.1 Å². The van der Waals surface area contributed by atoms with Gasteiger partial charge in [-0.3, -0.25) is 14.9 Å². The molecule has 0 saturated heterocycles. The number of benzene rings is 1. The summed E-state index contributed by atoms with van der Waals surface area (Å²) in [5, 5.41) is 10.5. The zero-order chi connectivity index (χ0) is 16.5. The smallest absolute Gasteiger partial charge is 0.270 e. The second-order valence-corrected chi connectivity index (χ2v) is 7.48. The Hall–Kier alpha value is -1.67. The van der Waals surface area contributed by atoms with Crippen molar-refractivity contribution >= 4 is 33.2 Å². The highest BCUT2D eigenvalue weighted by atomic mass is 35.5. The third kappa shape index (κ3) is 3.95. The van der Waals surface area contributed by atoms with Crippen molar-refractivity contribution in [2.75, 3.05) is 0 Å². The molecule has 0 radical (unpaired) electrons. The number of nitrogens with zero attached hydrogens (tertiary/aromatic N) is 1. The van der Waals surface area contributed by atoms with E-state index in [0.29, 0.717) is 5.92 Å². The van der Waals surface area contributed by atoms with Crippen molar-refractivity contribution < 1.29 is 18.1 Å². The molecule has 1 aromatic rings. The number of amides is 1. The first kappa shape index (κ1) is 16.7. The van der Waals surface area contributed by atoms with Crippen LogP contribution in [-0.4, -0.2) is 19.2 Å². The van der Waals surface area contributed by atoms with Crippen LogP contribution in [0.25, 0.3) is 0 Å². The Morgan fingerprint density at radius 3 is 2.68 bits per heavy atom. The zero-order valence-electron chi connectivity index (χ0n) is 11.8. The molecule has 2 rings (SSSR count). The van der Waals surface area contributed by atoms with E-state index in [1.807, 2.05) is 11.6 Å². The van der Waals surface area contributed by atoms with Gasteiger partial charge in [0.15, 0.2) is 0 Å². The molecule has 1 saturated carbocycles. The topological polar surface area (TPSA) is 106 Å². The minimum absolute atomic E-state index is 0.0937. The minimum atomic E-state index is -4.23. The molecule has 0 spiro atoms. The number of nitro groups is 1. The highest BCUT2D eigenvalue weighted by Gasteiger charge is 2.31. The molecule has 1 aliphatic carbocycles. The van der Waals surface area contributed by atoms with Gasteiger partial charge in [0.05, 0.1) is 9.95 Å². The summed E-state index contributed by atoms with van der Waals surface area (Å²) in [5.41, 5.74) is -0.413. The quantitative estimate of drug-likeness (QED) is 0.629. The van der Waals surface area contributed by atoms with Crippen LogP contribution in [0.15, 0.2) is 23.1 Å². The van der Waals surface area contributed by atoms with Crippen molar-refractivity contribution in [2.45, 2.75) is 31.1 Å². The number of carbonyl (C=O) groups is 1. The number of halogens is 1. The van der Waals surface area contributed by atoms with Gasteiger partial charge in [0, 0.05) is 18.6 Å². The molecule has 0 aliphatic heterocycles. The first-order valence-electron chi connectivity index (χ1n) is 6.70. The summed E-state index contributed by atoms with van der Waals surface area (Å²) in [5.74, 6) is -0.0624. The fourth-order valence-electron chi connectivity index (χ4n) is 2.18. The van der Waals surface area contributed by atoms with Crippen molar-refractivity contribution in [3.05, 3.63) is 33.3 Å². The van der Waals surface area contributed by atoms with Gasteiger partial charge in [0.25, 0.3) is 15.7 Å². The van der Waals surface area contributed by atoms with E-state index in [0.717, 1.165) is 31.0 Å². The molecule has 1 atom stereocenters. The average Bonchev–Trinajstić information content (AvgIpc) is 3.21. The molecule has 7 nitrogen and oxygen atoms in total. The van der Waals surface area contributed by atoms with Crippen molar-refractivity contribution in [3.63, 3.8) is 0 Å². The van der Waals surface area contributed by atoms with Crippen LogP contribution >= 0.6 is 11.6 Å². The molecule has 120 valence electrons. The summed E-state index contributed by atoms with van der Waals surface area (Å²) < 4.78 is 26.3. The zero-order valence-corrected chi connectivity index (χ0v) is 13.4. The van der Waals surface area contributed by atoms with E-state index in [2.05, 4.69) is 0 Å². The van der Waals surface area contributed by atoms with Gasteiger partial charge in [0.2, 0.25) is 5.91 Å². The van der Waals surface area contributed by atoms with E-state index >= 15 is 0 Å². The highest BCUT2D eigenvalue weighted by molar-refractivity contribution is 7.90. The van der Waals surface area contributed by atoms with E-state index in [1.165, 1.54) is 0 Å². The Morgan fingerprint density at radius 2 is 2.14 bits per heavy atom. The number of sulfonamides is 1. The second-order valence-electron chi connectivity index (χ2n) is 5.42. The van der Waals surface area contributed by atoms with Gasteiger partial charge < -0.3 is 0 Å². The number of non-ortho nitro benzene ring substituents is 1. The molecular formula is C13H15ClN2O5S. The van der Waals surface area contributed by atoms with E-state index in [9.17, 15) is 23.3 Å². The van der Waals surface area contributed by atoms with Crippen LogP contribution in [0, 0.1) is 22.0 Å². The highest BCUT2D eigenvalue weighted by Crippen LogP contribution is 2.38. The molecule has 22 heavy (non-hydrogen) atoms. The largest absolute Gasteiger partial charge is 0.274 e. The van der Waals surface area contributed by atoms with Gasteiger partial charge >= 0.3 is 0 Å². The summed E-state index contributed by atoms with van der Waals surface area (Å²) >= 11 is 5.78. The standard InChI is InChI=1S/C13H15ClN2O5S/c1-8(9-2-3-9)6-13(17)15-22(20,21)12-7-10(16(18)19)4-5-11(12)14/h4-5,7-9H,2-3,6H2,1H3,(H,15,17). The van der Waals surface area contributed by atoms with Gasteiger partial charge in [-0.15, -0.1) is 0 Å². The fraction of sp³-hybridized carbons (Fsp3) is 0.462. The molecule has 1 aliphatic rings. The Kier molecular flexibility index (Phi) is 4.72. The minimum Gasteiger partial charge on any atom is -0.274 e. The molecule has 1 fully saturated rings. The summed E-state index contributed by atoms with van der Waals surface area (Å²) in [6, 6.07) is 3.05. The maximum atomic E-state index is 12.2. The second kappa shape index (κ2) is 6.21. The molecule has 9 heteroatoms. The molecule has 1 N–H and O–H groups in total. The Balaban J connectivity index is 2.17. The van der Waals surface area contributed by atoms with Crippen LogP contribution in [0.3, 0.4) is 0 Å². The monoisotopic (exact) mass is 346 g/mol. The van der Waals surface area contributed by atoms with E-state index in [4.69, 9.17) is 11.6 Å². The summed E-state index contributed by atoms with van der Waals surface area (Å²) in [4.78, 5) is 21.4. The van der Waals surface area contributed by atoms with Gasteiger partial charge in [0.1, 0.15) is 4.90 Å². The first-order valence-corrected chi connectivity index (χ1v) is 8.56. The summed E-state index contributed by atoms with van der Waals surface area (Å²) in [7, 11) is -4.23. The lowest BCUT2D eigenvalue weighted by molar-refractivity contribution is -0.385. The van der Waals surface area contributed by atoms with Crippen LogP contribution in [0.5, 0.6) is 0 Å². The molecule has 1 amide bonds. The molecule has 0 heterocycles. The maximum Gasteiger partial charge on any atom is 0.270 e. The Morgan fingerprint density at radius 1 is 1.50 bits per heavy atom. The Bertz CT molecular complexity index is 715. The number of hydrogen-bond donors (Lipinski definition) is 1. The lowest BCUT2D eigenvalue weighted by Crippen LogP contribution is -2.32. The molecular weight excluding hydrogens is 332 g/mol. The fourth-order valence-corrected chi connectivity index (χ4v) is 3.70. The van der Waals surface area contributed by atoms with Crippen LogP contribution in [-0.2, 0) is 14.8 Å². The Labute approximate surface area is 132 Å². The molecule has 1 unspecified atom stereocenters. The number of carbonyl (C=O) groups excluding carboxylic acids is 1. The molecule has 1 aromatic carbocycles. The number of nitrogens with one attached hydrogen (secondary N) is 1. The van der Waals surface area contributed by atoms with E-state index in [-0.39, 0.29) is 17.4 Å². The predicted molar refractivity (Wildman–Crippen MR) is 79.9 cm³/mol. The number of nitro benzene ring substituents is 1. The van der Waals surface area contributed by atoms with Gasteiger partial charge in [-0.2, -0.15) is 0 Å². The van der Waals surface area contributed by atoms with Gasteiger partial charge in [-0.05, 0) is 30.7 Å². The lowest BCUT2D eigenvalue weighted by Gasteiger charge is -2.11. The van der Waals surface area contributed by atoms with Gasteiger partial charge in [-0.1, -0.05) is 18.5 Å².